The first kappa shape index (κ1) is 12.4. The van der Waals surface area contributed by atoms with Crippen molar-refractivity contribution in [1.29, 1.82) is 0 Å². The van der Waals surface area contributed by atoms with Gasteiger partial charge in [-0.15, -0.1) is 11.3 Å². The van der Waals surface area contributed by atoms with Crippen LogP contribution in [0.3, 0.4) is 0 Å². The van der Waals surface area contributed by atoms with E-state index >= 15 is 0 Å². The van der Waals surface area contributed by atoms with Crippen LogP contribution in [0.5, 0.6) is 0 Å². The van der Waals surface area contributed by atoms with Crippen molar-refractivity contribution >= 4 is 39.9 Å². The Morgan fingerprint density at radius 3 is 2.89 bits per heavy atom. The first-order valence-corrected chi connectivity index (χ1v) is 7.15. The van der Waals surface area contributed by atoms with Gasteiger partial charge in [-0.25, -0.2) is 4.98 Å². The molecule has 96 valence electrons. The molecule has 3 rings (SSSR count). The molecule has 0 aliphatic heterocycles. The van der Waals surface area contributed by atoms with E-state index in [9.17, 15) is 4.79 Å². The minimum absolute atomic E-state index is 0.0452. The van der Waals surface area contributed by atoms with Crippen LogP contribution in [-0.4, -0.2) is 15.5 Å². The normalized spacial score (nSPS) is 11.1. The summed E-state index contributed by atoms with van der Waals surface area (Å²) < 4.78 is 2.36. The maximum atomic E-state index is 11.8. The topological polar surface area (TPSA) is 34.9 Å². The van der Waals surface area contributed by atoms with Gasteiger partial charge in [0.1, 0.15) is 5.65 Å². The number of carbonyl (C=O) groups is 1. The Morgan fingerprint density at radius 2 is 2.21 bits per heavy atom. The molecule has 3 aromatic heterocycles. The second-order valence-corrected chi connectivity index (χ2v) is 5.85. The summed E-state index contributed by atoms with van der Waals surface area (Å²) in [7, 11) is 0. The van der Waals surface area contributed by atoms with Crippen LogP contribution >= 0.6 is 22.9 Å². The van der Waals surface area contributed by atoms with E-state index < -0.39 is 0 Å². The number of pyridine rings is 1. The number of hydrogen-bond acceptors (Lipinski definition) is 3. The zero-order valence-electron chi connectivity index (χ0n) is 10.3. The third-order valence-electron chi connectivity index (χ3n) is 3.00. The van der Waals surface area contributed by atoms with Gasteiger partial charge >= 0.3 is 0 Å². The average molecular weight is 291 g/mol. The molecule has 0 aliphatic carbocycles. The number of carbonyl (C=O) groups excluding carboxylic acids is 1. The second-order valence-electron chi connectivity index (χ2n) is 4.13. The highest BCUT2D eigenvalue weighted by Crippen LogP contribution is 2.35. The van der Waals surface area contributed by atoms with Gasteiger partial charge in [0.2, 0.25) is 5.91 Å². The number of hydrogen-bond donors (Lipinski definition) is 0. The highest BCUT2D eigenvalue weighted by molar-refractivity contribution is 7.19. The predicted octanol–water partition coefficient (Wildman–Crippen LogP) is 4.47. The molecule has 3 heterocycles. The van der Waals surface area contributed by atoms with Gasteiger partial charge in [-0.2, -0.15) is 0 Å². The Bertz CT molecular complexity index is 760. The quantitative estimate of drug-likeness (QED) is 0.698. The van der Waals surface area contributed by atoms with Gasteiger partial charge in [0.15, 0.2) is 0 Å². The molecular weight excluding hydrogens is 280 g/mol. The Kier molecular flexibility index (Phi) is 3.12. The third-order valence-corrected chi connectivity index (χ3v) is 4.26. The number of fused-ring (bicyclic) bond motifs is 1. The number of aromatic nitrogens is 2. The van der Waals surface area contributed by atoms with E-state index in [1.807, 2.05) is 31.2 Å². The molecule has 5 heteroatoms. The molecule has 19 heavy (non-hydrogen) atoms. The first-order valence-electron chi connectivity index (χ1n) is 5.95. The Morgan fingerprint density at radius 1 is 1.37 bits per heavy atom. The molecule has 0 aliphatic rings. The summed E-state index contributed by atoms with van der Waals surface area (Å²) >= 11 is 7.51. The summed E-state index contributed by atoms with van der Waals surface area (Å²) in [6.07, 6.45) is 3.97. The van der Waals surface area contributed by atoms with Gasteiger partial charge in [0.05, 0.1) is 4.34 Å². The Hall–Kier alpha value is -1.65. The maximum Gasteiger partial charge on any atom is 0.231 e. The fourth-order valence-corrected chi connectivity index (χ4v) is 3.17. The number of thiophene rings is 1. The molecule has 3 nitrogen and oxygen atoms in total. The van der Waals surface area contributed by atoms with E-state index in [0.717, 1.165) is 20.2 Å². The third kappa shape index (κ3) is 2.07. The molecule has 0 aromatic carbocycles. The number of nitrogens with zero attached hydrogens (tertiary/aromatic N) is 2. The van der Waals surface area contributed by atoms with Gasteiger partial charge in [0, 0.05) is 34.6 Å². The van der Waals surface area contributed by atoms with Gasteiger partial charge in [-0.1, -0.05) is 18.5 Å². The van der Waals surface area contributed by atoms with Crippen molar-refractivity contribution in [2.75, 3.05) is 0 Å². The molecule has 0 radical (unpaired) electrons. The van der Waals surface area contributed by atoms with Crippen molar-refractivity contribution in [3.8, 4) is 10.4 Å². The van der Waals surface area contributed by atoms with Gasteiger partial charge in [-0.3, -0.25) is 9.36 Å². The van der Waals surface area contributed by atoms with E-state index in [1.54, 1.807) is 17.0 Å². The summed E-state index contributed by atoms with van der Waals surface area (Å²) in [5.74, 6) is 0.0452. The van der Waals surface area contributed by atoms with Crippen molar-refractivity contribution in [3.05, 3.63) is 41.0 Å². The van der Waals surface area contributed by atoms with E-state index in [-0.39, 0.29) is 5.91 Å². The molecule has 0 unspecified atom stereocenters. The zero-order valence-corrected chi connectivity index (χ0v) is 11.8. The maximum absolute atomic E-state index is 11.8. The second kappa shape index (κ2) is 4.79. The fourth-order valence-electron chi connectivity index (χ4n) is 2.08. The lowest BCUT2D eigenvalue weighted by Crippen LogP contribution is -2.07. The Labute approximate surface area is 119 Å². The fraction of sp³-hybridized carbons (Fsp3) is 0.143. The SMILES string of the molecule is CCC(=O)n1ccc2c(-c3ccc(Cl)s3)ccnc21. The lowest BCUT2D eigenvalue weighted by atomic mass is 10.1. The molecular formula is C14H11ClN2OS. The summed E-state index contributed by atoms with van der Waals surface area (Å²) in [5, 5.41) is 0.975. The highest BCUT2D eigenvalue weighted by atomic mass is 35.5. The molecule has 0 fully saturated rings. The van der Waals surface area contributed by atoms with Crippen LogP contribution in [0.2, 0.25) is 4.34 Å². The van der Waals surface area contributed by atoms with Gasteiger partial charge in [0.25, 0.3) is 0 Å². The van der Waals surface area contributed by atoms with Crippen molar-refractivity contribution in [2.24, 2.45) is 0 Å². The molecule has 0 bridgehead atoms. The minimum atomic E-state index is 0.0452. The summed E-state index contributed by atoms with van der Waals surface area (Å²) in [6, 6.07) is 7.74. The molecule has 0 amide bonds. The molecule has 0 saturated heterocycles. The van der Waals surface area contributed by atoms with Crippen LogP contribution in [0.4, 0.5) is 0 Å². The van der Waals surface area contributed by atoms with Crippen LogP contribution in [0, 0.1) is 0 Å². The van der Waals surface area contributed by atoms with E-state index in [0.29, 0.717) is 12.1 Å². The largest absolute Gasteiger partial charge is 0.274 e. The summed E-state index contributed by atoms with van der Waals surface area (Å²) in [6.45, 7) is 1.84. The van der Waals surface area contributed by atoms with Crippen LogP contribution in [0.15, 0.2) is 36.7 Å². The molecule has 3 aromatic rings. The monoisotopic (exact) mass is 290 g/mol. The van der Waals surface area contributed by atoms with Crippen LogP contribution in [-0.2, 0) is 0 Å². The van der Waals surface area contributed by atoms with E-state index in [2.05, 4.69) is 4.98 Å². The highest BCUT2D eigenvalue weighted by Gasteiger charge is 2.12. The lowest BCUT2D eigenvalue weighted by Gasteiger charge is -2.03. The standard InChI is InChI=1S/C14H11ClN2OS/c1-2-13(18)17-8-6-10-9(5-7-16-14(10)17)11-3-4-12(15)19-11/h3-8H,2H2,1H3. The van der Waals surface area contributed by atoms with Crippen molar-refractivity contribution in [2.45, 2.75) is 13.3 Å². The minimum Gasteiger partial charge on any atom is -0.274 e. The molecule has 0 atom stereocenters. The van der Waals surface area contributed by atoms with E-state index in [1.165, 1.54) is 11.3 Å². The van der Waals surface area contributed by atoms with Gasteiger partial charge < -0.3 is 0 Å². The lowest BCUT2D eigenvalue weighted by molar-refractivity contribution is 0.0913. The van der Waals surface area contributed by atoms with Crippen molar-refractivity contribution in [3.63, 3.8) is 0 Å². The Balaban J connectivity index is 2.22. The molecule has 0 spiro atoms. The summed E-state index contributed by atoms with van der Waals surface area (Å²) in [4.78, 5) is 17.2. The van der Waals surface area contributed by atoms with Crippen molar-refractivity contribution < 1.29 is 4.79 Å². The number of halogens is 1. The van der Waals surface area contributed by atoms with Crippen molar-refractivity contribution in [1.82, 2.24) is 9.55 Å². The average Bonchev–Trinajstić information content (AvgIpc) is 3.03. The van der Waals surface area contributed by atoms with E-state index in [4.69, 9.17) is 11.6 Å². The molecule has 0 N–H and O–H groups in total. The van der Waals surface area contributed by atoms with Crippen LogP contribution < -0.4 is 0 Å². The van der Waals surface area contributed by atoms with Crippen LogP contribution in [0.1, 0.15) is 18.1 Å². The summed E-state index contributed by atoms with van der Waals surface area (Å²) in [5.41, 5.74) is 1.76. The zero-order chi connectivity index (χ0) is 13.4. The first-order chi connectivity index (χ1) is 9.20. The smallest absolute Gasteiger partial charge is 0.231 e. The number of rotatable bonds is 2. The van der Waals surface area contributed by atoms with Crippen LogP contribution in [0.25, 0.3) is 21.5 Å². The van der Waals surface area contributed by atoms with Gasteiger partial charge in [-0.05, 0) is 24.3 Å². The predicted molar refractivity (Wildman–Crippen MR) is 79.0 cm³/mol. The molecule has 0 saturated carbocycles.